The summed E-state index contributed by atoms with van der Waals surface area (Å²) < 4.78 is 5.77. The van der Waals surface area contributed by atoms with Crippen molar-refractivity contribution in [1.82, 2.24) is 4.98 Å². The van der Waals surface area contributed by atoms with Crippen LogP contribution in [0.2, 0.25) is 0 Å². The van der Waals surface area contributed by atoms with E-state index in [-0.39, 0.29) is 29.8 Å². The molecular weight excluding hydrogens is 374 g/mol. The SMILES string of the molecule is C[C@]12CC[C@H]3[C@@H](CCC4CC(O)CC[C@@]43C)[C@@H]1CC[C@@H]2C(=O)COc1cccnc1. The molecule has 4 aliphatic rings. The lowest BCUT2D eigenvalue weighted by molar-refractivity contribution is -0.141. The van der Waals surface area contributed by atoms with E-state index in [9.17, 15) is 9.90 Å². The number of aliphatic hydroxyl groups is 1. The lowest BCUT2D eigenvalue weighted by atomic mass is 9.44. The molecule has 1 N–H and O–H groups in total. The molecule has 4 nitrogen and oxygen atoms in total. The van der Waals surface area contributed by atoms with Crippen molar-refractivity contribution in [2.75, 3.05) is 6.61 Å². The second kappa shape index (κ2) is 7.62. The molecule has 1 aromatic rings. The molecule has 164 valence electrons. The molecule has 0 spiro atoms. The van der Waals surface area contributed by atoms with Crippen LogP contribution < -0.4 is 4.74 Å². The predicted molar refractivity (Wildman–Crippen MR) is 116 cm³/mol. The van der Waals surface area contributed by atoms with Gasteiger partial charge in [0.05, 0.1) is 12.3 Å². The first-order chi connectivity index (χ1) is 14.4. The lowest BCUT2D eigenvalue weighted by Crippen LogP contribution is -2.54. The Balaban J connectivity index is 1.30. The Hall–Kier alpha value is -1.42. The first-order valence-corrected chi connectivity index (χ1v) is 12.2. The maximum absolute atomic E-state index is 13.2. The number of carbonyl (C=O) groups excluding carboxylic acids is 1. The number of nitrogens with zero attached hydrogens (tertiary/aromatic N) is 1. The van der Waals surface area contributed by atoms with Gasteiger partial charge in [-0.05, 0) is 104 Å². The standard InChI is InChI=1S/C26H37NO3/c1-25-11-9-18(28)14-17(25)5-6-20-21-7-8-23(26(21,2)12-10-22(20)25)24(29)16-30-19-4-3-13-27-15-19/h3-4,13,15,17-18,20-23,28H,5-12,14,16H2,1-2H3/t17?,18?,20-,21-,22-,23+,25-,26-/m0/s1. The zero-order valence-corrected chi connectivity index (χ0v) is 18.6. The van der Waals surface area contributed by atoms with E-state index >= 15 is 0 Å². The highest BCUT2D eigenvalue weighted by Crippen LogP contribution is 2.67. The lowest BCUT2D eigenvalue weighted by Gasteiger charge is -2.60. The number of ether oxygens (including phenoxy) is 1. The van der Waals surface area contributed by atoms with E-state index < -0.39 is 0 Å². The summed E-state index contributed by atoms with van der Waals surface area (Å²) >= 11 is 0. The van der Waals surface area contributed by atoms with Crippen LogP contribution in [0.3, 0.4) is 0 Å². The number of rotatable bonds is 4. The Morgan fingerprint density at radius 2 is 1.90 bits per heavy atom. The normalized spacial score (nSPS) is 45.2. The van der Waals surface area contributed by atoms with Crippen molar-refractivity contribution in [1.29, 1.82) is 0 Å². The number of fused-ring (bicyclic) bond motifs is 5. The van der Waals surface area contributed by atoms with Crippen LogP contribution in [0.15, 0.2) is 24.5 Å². The molecule has 0 aliphatic heterocycles. The van der Waals surface area contributed by atoms with Crippen LogP contribution in [-0.2, 0) is 4.79 Å². The summed E-state index contributed by atoms with van der Waals surface area (Å²) in [4.78, 5) is 17.3. The molecular formula is C26H37NO3. The van der Waals surface area contributed by atoms with E-state index in [1.165, 1.54) is 38.5 Å². The highest BCUT2D eigenvalue weighted by molar-refractivity contribution is 5.83. The summed E-state index contributed by atoms with van der Waals surface area (Å²) in [5.74, 6) is 4.01. The average molecular weight is 412 g/mol. The monoisotopic (exact) mass is 411 g/mol. The molecule has 0 amide bonds. The van der Waals surface area contributed by atoms with Crippen LogP contribution in [0.25, 0.3) is 0 Å². The van der Waals surface area contributed by atoms with E-state index in [0.29, 0.717) is 23.0 Å². The molecule has 4 aliphatic carbocycles. The summed E-state index contributed by atoms with van der Waals surface area (Å²) in [6.45, 7) is 5.11. The molecule has 5 rings (SSSR count). The maximum atomic E-state index is 13.2. The molecule has 2 unspecified atom stereocenters. The van der Waals surface area contributed by atoms with Crippen LogP contribution in [0.5, 0.6) is 5.75 Å². The Morgan fingerprint density at radius 3 is 2.70 bits per heavy atom. The number of Topliss-reactive ketones (excluding diaryl/α,β-unsaturated/α-hetero) is 1. The van der Waals surface area contributed by atoms with Crippen molar-refractivity contribution in [3.63, 3.8) is 0 Å². The molecule has 4 heteroatoms. The van der Waals surface area contributed by atoms with E-state index in [0.717, 1.165) is 31.1 Å². The smallest absolute Gasteiger partial charge is 0.173 e. The van der Waals surface area contributed by atoms with Gasteiger partial charge in [0, 0.05) is 12.1 Å². The Kier molecular flexibility index (Phi) is 5.20. The van der Waals surface area contributed by atoms with Crippen LogP contribution in [-0.4, -0.2) is 28.6 Å². The average Bonchev–Trinajstić information content (AvgIpc) is 3.10. The molecule has 4 fully saturated rings. The van der Waals surface area contributed by atoms with E-state index in [1.807, 2.05) is 12.1 Å². The van der Waals surface area contributed by atoms with Crippen molar-refractivity contribution in [3.05, 3.63) is 24.5 Å². The van der Waals surface area contributed by atoms with Gasteiger partial charge in [0.25, 0.3) is 0 Å². The minimum atomic E-state index is -0.0817. The predicted octanol–water partition coefficient (Wildman–Crippen LogP) is 5.05. The van der Waals surface area contributed by atoms with Crippen molar-refractivity contribution in [2.24, 2.45) is 40.4 Å². The second-order valence-electron chi connectivity index (χ2n) is 11.2. The van der Waals surface area contributed by atoms with E-state index in [4.69, 9.17) is 4.74 Å². The summed E-state index contributed by atoms with van der Waals surface area (Å²) in [6, 6.07) is 3.71. The molecule has 0 aromatic carbocycles. The molecule has 1 heterocycles. The molecule has 8 atom stereocenters. The summed E-state index contributed by atoms with van der Waals surface area (Å²) in [6.07, 6.45) is 13.7. The van der Waals surface area contributed by atoms with Gasteiger partial charge in [-0.2, -0.15) is 0 Å². The third-order valence-electron chi connectivity index (χ3n) is 10.0. The van der Waals surface area contributed by atoms with Crippen molar-refractivity contribution < 1.29 is 14.6 Å². The zero-order valence-electron chi connectivity index (χ0n) is 18.6. The van der Waals surface area contributed by atoms with Gasteiger partial charge in [-0.1, -0.05) is 13.8 Å². The largest absolute Gasteiger partial charge is 0.484 e. The molecule has 0 bridgehead atoms. The van der Waals surface area contributed by atoms with Crippen LogP contribution >= 0.6 is 0 Å². The van der Waals surface area contributed by atoms with Crippen molar-refractivity contribution in [2.45, 2.75) is 77.7 Å². The molecule has 0 saturated heterocycles. The molecule has 30 heavy (non-hydrogen) atoms. The number of hydrogen-bond donors (Lipinski definition) is 1. The highest BCUT2D eigenvalue weighted by atomic mass is 16.5. The maximum Gasteiger partial charge on any atom is 0.173 e. The van der Waals surface area contributed by atoms with Gasteiger partial charge < -0.3 is 9.84 Å². The first-order valence-electron chi connectivity index (χ1n) is 12.2. The third kappa shape index (κ3) is 3.21. The van der Waals surface area contributed by atoms with Gasteiger partial charge in [0.2, 0.25) is 0 Å². The number of carbonyl (C=O) groups is 1. The Morgan fingerprint density at radius 1 is 1.10 bits per heavy atom. The minimum absolute atomic E-state index is 0.0817. The summed E-state index contributed by atoms with van der Waals surface area (Å²) in [7, 11) is 0. The number of ketones is 1. The molecule has 4 saturated carbocycles. The van der Waals surface area contributed by atoms with Gasteiger partial charge in [0.1, 0.15) is 12.4 Å². The number of hydrogen-bond acceptors (Lipinski definition) is 4. The molecule has 0 radical (unpaired) electrons. The minimum Gasteiger partial charge on any atom is -0.484 e. The fourth-order valence-corrected chi connectivity index (χ4v) is 8.45. The Labute approximate surface area is 180 Å². The fourth-order valence-electron chi connectivity index (χ4n) is 8.45. The third-order valence-corrected chi connectivity index (χ3v) is 10.0. The van der Waals surface area contributed by atoms with Crippen molar-refractivity contribution in [3.8, 4) is 5.75 Å². The topological polar surface area (TPSA) is 59.4 Å². The summed E-state index contributed by atoms with van der Waals surface area (Å²) in [5.41, 5.74) is 0.531. The second-order valence-corrected chi connectivity index (χ2v) is 11.2. The quantitative estimate of drug-likeness (QED) is 0.753. The summed E-state index contributed by atoms with van der Waals surface area (Å²) in [5, 5.41) is 10.2. The Bertz CT molecular complexity index is 782. The van der Waals surface area contributed by atoms with Gasteiger partial charge in [0.15, 0.2) is 5.78 Å². The molecule has 1 aromatic heterocycles. The zero-order chi connectivity index (χ0) is 20.9. The van der Waals surface area contributed by atoms with Crippen LogP contribution in [0.1, 0.15) is 71.6 Å². The highest BCUT2D eigenvalue weighted by Gasteiger charge is 2.61. The van der Waals surface area contributed by atoms with Gasteiger partial charge in [-0.25, -0.2) is 0 Å². The van der Waals surface area contributed by atoms with Crippen molar-refractivity contribution >= 4 is 5.78 Å². The van der Waals surface area contributed by atoms with Crippen LogP contribution in [0.4, 0.5) is 0 Å². The van der Waals surface area contributed by atoms with E-state index in [2.05, 4.69) is 18.8 Å². The van der Waals surface area contributed by atoms with Gasteiger partial charge in [-0.15, -0.1) is 0 Å². The first kappa shape index (κ1) is 20.5. The van der Waals surface area contributed by atoms with Crippen LogP contribution in [0, 0.1) is 40.4 Å². The van der Waals surface area contributed by atoms with E-state index in [1.54, 1.807) is 12.4 Å². The number of aliphatic hydroxyl groups excluding tert-OH is 1. The number of aromatic nitrogens is 1. The fraction of sp³-hybridized carbons (Fsp3) is 0.769. The number of pyridine rings is 1. The van der Waals surface area contributed by atoms with Gasteiger partial charge >= 0.3 is 0 Å². The van der Waals surface area contributed by atoms with Gasteiger partial charge in [-0.3, -0.25) is 9.78 Å².